The van der Waals surface area contributed by atoms with Gasteiger partial charge in [-0.3, -0.25) is 4.79 Å². The molecule has 1 unspecified atom stereocenters. The van der Waals surface area contributed by atoms with E-state index in [0.717, 1.165) is 12.1 Å². The van der Waals surface area contributed by atoms with Crippen molar-refractivity contribution in [1.29, 1.82) is 0 Å². The number of piperidine rings is 3. The third-order valence-electron chi connectivity index (χ3n) is 4.30. The van der Waals surface area contributed by atoms with E-state index in [2.05, 4.69) is 27.0 Å². The number of aromatic nitrogens is 1. The van der Waals surface area contributed by atoms with Crippen LogP contribution in [0.4, 0.5) is 0 Å². The number of carbonyl (C=O) groups excluding carboxylic acids is 1. The lowest BCUT2D eigenvalue weighted by Gasteiger charge is -2.44. The summed E-state index contributed by atoms with van der Waals surface area (Å²) in [6, 6.07) is 3.79. The van der Waals surface area contributed by atoms with Crippen LogP contribution in [-0.2, 0) is 0 Å². The van der Waals surface area contributed by atoms with Gasteiger partial charge in [0, 0.05) is 24.3 Å². The Morgan fingerprint density at radius 2 is 2.24 bits per heavy atom. The average molecular weight is 284 g/mol. The van der Waals surface area contributed by atoms with Crippen molar-refractivity contribution >= 4 is 5.91 Å². The van der Waals surface area contributed by atoms with E-state index in [-0.39, 0.29) is 11.9 Å². The monoisotopic (exact) mass is 284 g/mol. The zero-order valence-electron chi connectivity index (χ0n) is 12.0. The number of hydrogen-bond acceptors (Lipinski definition) is 4. The van der Waals surface area contributed by atoms with Crippen LogP contribution < -0.4 is 11.1 Å². The number of nitrogens with zero attached hydrogens (tertiary/aromatic N) is 2. The largest absolute Gasteiger partial charge is 0.346 e. The zero-order valence-corrected chi connectivity index (χ0v) is 12.0. The summed E-state index contributed by atoms with van der Waals surface area (Å²) in [7, 11) is 0. The van der Waals surface area contributed by atoms with Gasteiger partial charge in [0.15, 0.2) is 0 Å². The molecule has 5 heteroatoms. The number of fused-ring (bicyclic) bond motifs is 3. The SMILES string of the molecule is NCC#Cc1ccc(C(=O)NC2CN3CCC2CC3)nc1. The Morgan fingerprint density at radius 1 is 1.43 bits per heavy atom. The molecule has 0 aromatic carbocycles. The maximum atomic E-state index is 12.3. The summed E-state index contributed by atoms with van der Waals surface area (Å²) in [6.07, 6.45) is 3.99. The molecule has 4 rings (SSSR count). The van der Waals surface area contributed by atoms with Gasteiger partial charge >= 0.3 is 0 Å². The fraction of sp³-hybridized carbons (Fsp3) is 0.500. The topological polar surface area (TPSA) is 71.2 Å². The Labute approximate surface area is 124 Å². The van der Waals surface area contributed by atoms with Gasteiger partial charge in [0.2, 0.25) is 0 Å². The van der Waals surface area contributed by atoms with Crippen molar-refractivity contribution in [3.05, 3.63) is 29.6 Å². The van der Waals surface area contributed by atoms with E-state index in [1.165, 1.54) is 25.9 Å². The van der Waals surface area contributed by atoms with Gasteiger partial charge in [-0.1, -0.05) is 11.8 Å². The number of rotatable bonds is 2. The van der Waals surface area contributed by atoms with Gasteiger partial charge < -0.3 is 16.0 Å². The molecular formula is C16H20N4O. The predicted octanol–water partition coefficient (Wildman–Crippen LogP) is 0.216. The molecule has 1 atom stereocenters. The molecule has 1 aromatic heterocycles. The minimum Gasteiger partial charge on any atom is -0.346 e. The van der Waals surface area contributed by atoms with E-state index in [1.54, 1.807) is 18.3 Å². The van der Waals surface area contributed by atoms with E-state index < -0.39 is 0 Å². The second-order valence-electron chi connectivity index (χ2n) is 5.66. The van der Waals surface area contributed by atoms with Crippen LogP contribution in [0, 0.1) is 17.8 Å². The van der Waals surface area contributed by atoms with E-state index >= 15 is 0 Å². The summed E-state index contributed by atoms with van der Waals surface area (Å²) in [5.41, 5.74) is 6.55. The highest BCUT2D eigenvalue weighted by atomic mass is 16.1. The van der Waals surface area contributed by atoms with Gasteiger partial charge in [0.25, 0.3) is 5.91 Å². The highest BCUT2D eigenvalue weighted by molar-refractivity contribution is 5.92. The molecule has 3 saturated heterocycles. The van der Waals surface area contributed by atoms with Gasteiger partial charge in [0.05, 0.1) is 6.54 Å². The van der Waals surface area contributed by atoms with Crippen LogP contribution in [0.5, 0.6) is 0 Å². The fourth-order valence-corrected chi connectivity index (χ4v) is 3.13. The van der Waals surface area contributed by atoms with Crippen LogP contribution in [0.1, 0.15) is 28.9 Å². The van der Waals surface area contributed by atoms with Crippen LogP contribution in [-0.4, -0.2) is 48.0 Å². The van der Waals surface area contributed by atoms with Crippen molar-refractivity contribution < 1.29 is 4.79 Å². The molecule has 0 saturated carbocycles. The van der Waals surface area contributed by atoms with Crippen molar-refractivity contribution in [2.24, 2.45) is 11.7 Å². The predicted molar refractivity (Wildman–Crippen MR) is 80.6 cm³/mol. The van der Waals surface area contributed by atoms with Gasteiger partial charge in [-0.05, 0) is 44.0 Å². The Bertz CT molecular complexity index is 564. The summed E-state index contributed by atoms with van der Waals surface area (Å²) in [4.78, 5) is 18.9. The van der Waals surface area contributed by atoms with Gasteiger partial charge in [-0.15, -0.1) is 0 Å². The minimum atomic E-state index is -0.0907. The summed E-state index contributed by atoms with van der Waals surface area (Å²) < 4.78 is 0. The molecule has 4 heterocycles. The van der Waals surface area contributed by atoms with Crippen LogP contribution in [0.3, 0.4) is 0 Å². The second-order valence-corrected chi connectivity index (χ2v) is 5.66. The summed E-state index contributed by atoms with van der Waals surface area (Å²) >= 11 is 0. The summed E-state index contributed by atoms with van der Waals surface area (Å²) in [5, 5.41) is 3.13. The van der Waals surface area contributed by atoms with Gasteiger partial charge in [0.1, 0.15) is 5.69 Å². The fourth-order valence-electron chi connectivity index (χ4n) is 3.13. The molecule has 3 aliphatic rings. The van der Waals surface area contributed by atoms with Gasteiger partial charge in [-0.25, -0.2) is 4.98 Å². The minimum absolute atomic E-state index is 0.0907. The number of pyridine rings is 1. The highest BCUT2D eigenvalue weighted by Gasteiger charge is 2.35. The summed E-state index contributed by atoms with van der Waals surface area (Å²) in [5.74, 6) is 6.20. The normalized spacial score (nSPS) is 26.8. The first-order valence-corrected chi connectivity index (χ1v) is 7.44. The molecule has 21 heavy (non-hydrogen) atoms. The quantitative estimate of drug-likeness (QED) is 0.762. The first-order chi connectivity index (χ1) is 10.3. The number of nitrogens with two attached hydrogens (primary N) is 1. The van der Waals surface area contributed by atoms with E-state index in [0.29, 0.717) is 18.2 Å². The molecule has 2 bridgehead atoms. The first kappa shape index (κ1) is 14.1. The molecule has 110 valence electrons. The Balaban J connectivity index is 1.63. The van der Waals surface area contributed by atoms with Gasteiger partial charge in [-0.2, -0.15) is 0 Å². The number of amides is 1. The van der Waals surface area contributed by atoms with Crippen molar-refractivity contribution in [2.45, 2.75) is 18.9 Å². The van der Waals surface area contributed by atoms with E-state index in [4.69, 9.17) is 5.73 Å². The lowest BCUT2D eigenvalue weighted by atomic mass is 9.84. The molecule has 3 fully saturated rings. The molecule has 5 nitrogen and oxygen atoms in total. The van der Waals surface area contributed by atoms with Crippen molar-refractivity contribution in [2.75, 3.05) is 26.2 Å². The maximum Gasteiger partial charge on any atom is 0.270 e. The van der Waals surface area contributed by atoms with E-state index in [9.17, 15) is 4.79 Å². The van der Waals surface area contributed by atoms with Crippen LogP contribution in [0.2, 0.25) is 0 Å². The molecule has 0 aliphatic carbocycles. The Kier molecular flexibility index (Phi) is 4.18. The Morgan fingerprint density at radius 3 is 2.81 bits per heavy atom. The van der Waals surface area contributed by atoms with Crippen LogP contribution >= 0.6 is 0 Å². The number of carbonyl (C=O) groups is 1. The Hall–Kier alpha value is -1.90. The molecule has 3 aliphatic heterocycles. The number of hydrogen-bond donors (Lipinski definition) is 2. The molecule has 3 N–H and O–H groups in total. The zero-order chi connectivity index (χ0) is 14.7. The third kappa shape index (κ3) is 3.23. The smallest absolute Gasteiger partial charge is 0.270 e. The third-order valence-corrected chi connectivity index (χ3v) is 4.30. The van der Waals surface area contributed by atoms with Crippen molar-refractivity contribution in [3.8, 4) is 11.8 Å². The highest BCUT2D eigenvalue weighted by Crippen LogP contribution is 2.27. The van der Waals surface area contributed by atoms with Crippen LogP contribution in [0.15, 0.2) is 18.3 Å². The first-order valence-electron chi connectivity index (χ1n) is 7.44. The maximum absolute atomic E-state index is 12.3. The molecule has 0 radical (unpaired) electrons. The average Bonchev–Trinajstić information content (AvgIpc) is 2.54. The van der Waals surface area contributed by atoms with E-state index in [1.807, 2.05) is 0 Å². The molecule has 1 amide bonds. The number of nitrogens with one attached hydrogen (secondary N) is 1. The van der Waals surface area contributed by atoms with Crippen molar-refractivity contribution in [3.63, 3.8) is 0 Å². The lowest BCUT2D eigenvalue weighted by Crippen LogP contribution is -2.57. The molecular weight excluding hydrogens is 264 g/mol. The van der Waals surface area contributed by atoms with Crippen molar-refractivity contribution in [1.82, 2.24) is 15.2 Å². The molecule has 0 spiro atoms. The summed E-state index contributed by atoms with van der Waals surface area (Å²) in [6.45, 7) is 3.63. The standard InChI is InChI=1S/C16H20N4O/c17-7-1-2-12-3-4-14(18-10-12)16(21)19-15-11-20-8-5-13(15)6-9-20/h3-4,10,13,15H,5-9,11,17H2,(H,19,21). The van der Waals surface area contributed by atoms with Crippen LogP contribution in [0.25, 0.3) is 0 Å². The second kappa shape index (κ2) is 6.25. The lowest BCUT2D eigenvalue weighted by molar-refractivity contribution is 0.0618. The molecule has 1 aromatic rings.